The number of hydrogen-bond donors (Lipinski definition) is 3. The Labute approximate surface area is 153 Å². The highest BCUT2D eigenvalue weighted by Crippen LogP contribution is 2.39. The minimum Gasteiger partial charge on any atom is -0.409 e. The zero-order valence-corrected chi connectivity index (χ0v) is 14.1. The van der Waals surface area contributed by atoms with E-state index in [1.807, 2.05) is 30.3 Å². The largest absolute Gasteiger partial charge is 0.409 e. The van der Waals surface area contributed by atoms with E-state index in [0.717, 1.165) is 10.8 Å². The highest BCUT2D eigenvalue weighted by Gasteiger charge is 2.29. The Morgan fingerprint density at radius 2 is 2.00 bits per heavy atom. The fourth-order valence-corrected chi connectivity index (χ4v) is 3.14. The van der Waals surface area contributed by atoms with E-state index in [1.54, 1.807) is 12.1 Å². The van der Waals surface area contributed by atoms with Crippen LogP contribution in [0.3, 0.4) is 0 Å². The molecule has 4 N–H and O–H groups in total. The summed E-state index contributed by atoms with van der Waals surface area (Å²) in [5.41, 5.74) is 7.49. The summed E-state index contributed by atoms with van der Waals surface area (Å²) in [6.07, 6.45) is 2.60. The maximum absolute atomic E-state index is 12.8. The van der Waals surface area contributed by atoms with Crippen LogP contribution in [0.5, 0.6) is 0 Å². The molecule has 0 unspecified atom stereocenters. The molecule has 0 saturated carbocycles. The van der Waals surface area contributed by atoms with Gasteiger partial charge in [-0.3, -0.25) is 19.5 Å². The van der Waals surface area contributed by atoms with Crippen molar-refractivity contribution in [1.29, 1.82) is 0 Å². The molecular weight excluding hydrogens is 346 g/mol. The molecule has 0 bridgehead atoms. The lowest BCUT2D eigenvalue weighted by molar-refractivity contribution is -0.124. The molecule has 4 rings (SSSR count). The van der Waals surface area contributed by atoms with Gasteiger partial charge in [0, 0.05) is 17.1 Å². The number of amides is 2. The van der Waals surface area contributed by atoms with Crippen molar-refractivity contribution in [2.45, 2.75) is 6.42 Å². The minimum atomic E-state index is -0.403. The van der Waals surface area contributed by atoms with Crippen LogP contribution in [-0.2, 0) is 9.59 Å². The molecule has 0 atom stereocenters. The van der Waals surface area contributed by atoms with Gasteiger partial charge in [-0.2, -0.15) is 0 Å². The van der Waals surface area contributed by atoms with E-state index in [4.69, 9.17) is 10.9 Å². The zero-order valence-electron chi connectivity index (χ0n) is 14.1. The van der Waals surface area contributed by atoms with Crippen molar-refractivity contribution in [3.05, 3.63) is 60.4 Å². The molecule has 1 aromatic heterocycles. The molecule has 2 amide bonds. The van der Waals surface area contributed by atoms with Crippen LogP contribution in [0, 0.1) is 0 Å². The number of rotatable bonds is 2. The molecule has 3 aromatic rings. The van der Waals surface area contributed by atoms with Crippen LogP contribution < -0.4 is 16.0 Å². The predicted octanol–water partition coefficient (Wildman–Crippen LogP) is 2.34. The van der Waals surface area contributed by atoms with Crippen molar-refractivity contribution in [1.82, 2.24) is 4.98 Å². The summed E-state index contributed by atoms with van der Waals surface area (Å²) in [6, 6.07) is 12.8. The number of carbonyl (C=O) groups excluding carboxylic acids is 2. The number of hydrogen-bond acceptors (Lipinski definition) is 5. The third kappa shape index (κ3) is 2.82. The van der Waals surface area contributed by atoms with Gasteiger partial charge < -0.3 is 16.3 Å². The molecule has 0 aliphatic carbocycles. The first-order valence-electron chi connectivity index (χ1n) is 8.16. The Hall–Kier alpha value is -3.94. The van der Waals surface area contributed by atoms with E-state index in [1.165, 1.54) is 17.3 Å². The van der Waals surface area contributed by atoms with Crippen molar-refractivity contribution in [3.8, 4) is 0 Å². The second-order valence-electron chi connectivity index (χ2n) is 6.05. The average molecular weight is 361 g/mol. The SMILES string of the molecule is N/C(=N\O)c1cncc(N2C(=O)CC(=O)Nc3c2ccc2ccccc32)c1. The van der Waals surface area contributed by atoms with Gasteiger partial charge in [-0.05, 0) is 17.5 Å². The third-order valence-corrected chi connectivity index (χ3v) is 4.36. The Kier molecular flexibility index (Phi) is 3.92. The maximum Gasteiger partial charge on any atom is 0.241 e. The van der Waals surface area contributed by atoms with Gasteiger partial charge in [0.25, 0.3) is 0 Å². The quantitative estimate of drug-likeness (QED) is 0.213. The lowest BCUT2D eigenvalue weighted by Crippen LogP contribution is -2.27. The second kappa shape index (κ2) is 6.41. The highest BCUT2D eigenvalue weighted by atomic mass is 16.4. The number of nitrogens with zero attached hydrogens (tertiary/aromatic N) is 3. The van der Waals surface area contributed by atoms with Gasteiger partial charge in [-0.15, -0.1) is 0 Å². The van der Waals surface area contributed by atoms with Crippen LogP contribution in [0.4, 0.5) is 17.1 Å². The van der Waals surface area contributed by atoms with E-state index in [2.05, 4.69) is 15.5 Å². The lowest BCUT2D eigenvalue weighted by atomic mass is 10.1. The molecule has 0 radical (unpaired) electrons. The molecule has 8 heteroatoms. The summed E-state index contributed by atoms with van der Waals surface area (Å²) in [5.74, 6) is -0.916. The van der Waals surface area contributed by atoms with Crippen molar-refractivity contribution in [2.75, 3.05) is 10.2 Å². The van der Waals surface area contributed by atoms with Crippen molar-refractivity contribution in [2.24, 2.45) is 10.9 Å². The zero-order chi connectivity index (χ0) is 19.0. The second-order valence-corrected chi connectivity index (χ2v) is 6.05. The van der Waals surface area contributed by atoms with Crippen LogP contribution >= 0.6 is 0 Å². The van der Waals surface area contributed by atoms with Gasteiger partial charge in [0.1, 0.15) is 6.42 Å². The van der Waals surface area contributed by atoms with Crippen molar-refractivity contribution >= 4 is 45.5 Å². The van der Waals surface area contributed by atoms with Gasteiger partial charge in [-0.1, -0.05) is 35.5 Å². The summed E-state index contributed by atoms with van der Waals surface area (Å²) in [6.45, 7) is 0. The number of nitrogens with one attached hydrogen (secondary N) is 1. The van der Waals surface area contributed by atoms with Crippen molar-refractivity contribution < 1.29 is 14.8 Å². The standard InChI is InChI=1S/C19H15N5O3/c20-19(23-27)12-7-13(10-21-9-12)24-15-6-5-11-3-1-2-4-14(11)18(15)22-16(25)8-17(24)26/h1-7,9-10,27H,8H2,(H2,20,23)(H,22,25). The number of pyridine rings is 1. The monoisotopic (exact) mass is 361 g/mol. The Morgan fingerprint density at radius 1 is 1.19 bits per heavy atom. The summed E-state index contributed by atoms with van der Waals surface area (Å²) in [5, 5.41) is 16.5. The molecule has 1 aliphatic heterocycles. The molecule has 8 nitrogen and oxygen atoms in total. The van der Waals surface area contributed by atoms with Crippen LogP contribution in [-0.4, -0.2) is 27.8 Å². The van der Waals surface area contributed by atoms with E-state index >= 15 is 0 Å². The van der Waals surface area contributed by atoms with Crippen LogP contribution in [0.2, 0.25) is 0 Å². The van der Waals surface area contributed by atoms with E-state index in [9.17, 15) is 9.59 Å². The normalized spacial score (nSPS) is 14.7. The third-order valence-electron chi connectivity index (χ3n) is 4.36. The first-order valence-corrected chi connectivity index (χ1v) is 8.16. The molecule has 0 saturated heterocycles. The summed E-state index contributed by atoms with van der Waals surface area (Å²) < 4.78 is 0. The van der Waals surface area contributed by atoms with Gasteiger partial charge in [-0.25, -0.2) is 0 Å². The molecule has 0 fully saturated rings. The molecule has 2 heterocycles. The van der Waals surface area contributed by atoms with E-state index in [0.29, 0.717) is 22.6 Å². The minimum absolute atomic E-state index is 0.125. The molecule has 2 aromatic carbocycles. The van der Waals surface area contributed by atoms with Crippen molar-refractivity contribution in [3.63, 3.8) is 0 Å². The highest BCUT2D eigenvalue weighted by molar-refractivity contribution is 6.21. The number of oxime groups is 1. The van der Waals surface area contributed by atoms with Crippen LogP contribution in [0.15, 0.2) is 60.0 Å². The number of amidine groups is 1. The Bertz CT molecular complexity index is 1110. The molecular formula is C19H15N5O3. The first kappa shape index (κ1) is 16.5. The Morgan fingerprint density at radius 3 is 2.81 bits per heavy atom. The average Bonchev–Trinajstić information content (AvgIpc) is 2.82. The maximum atomic E-state index is 12.8. The topological polar surface area (TPSA) is 121 Å². The first-order chi connectivity index (χ1) is 13.1. The summed E-state index contributed by atoms with van der Waals surface area (Å²) >= 11 is 0. The predicted molar refractivity (Wildman–Crippen MR) is 101 cm³/mol. The summed E-state index contributed by atoms with van der Waals surface area (Å²) in [4.78, 5) is 30.5. The Balaban J connectivity index is 1.95. The molecule has 134 valence electrons. The van der Waals surface area contributed by atoms with Gasteiger partial charge in [0.05, 0.1) is 23.3 Å². The number of anilines is 3. The lowest BCUT2D eigenvalue weighted by Gasteiger charge is -2.23. The van der Waals surface area contributed by atoms with Gasteiger partial charge in [0.15, 0.2) is 5.84 Å². The number of benzene rings is 2. The summed E-state index contributed by atoms with van der Waals surface area (Å²) in [7, 11) is 0. The number of fused-ring (bicyclic) bond motifs is 3. The van der Waals surface area contributed by atoms with Crippen LogP contribution in [0.25, 0.3) is 10.8 Å². The van der Waals surface area contributed by atoms with E-state index < -0.39 is 5.91 Å². The van der Waals surface area contributed by atoms with E-state index in [-0.39, 0.29) is 18.2 Å². The number of carbonyl (C=O) groups is 2. The van der Waals surface area contributed by atoms with Gasteiger partial charge >= 0.3 is 0 Å². The number of nitrogens with two attached hydrogens (primary N) is 1. The molecule has 1 aliphatic rings. The number of aromatic nitrogens is 1. The smallest absolute Gasteiger partial charge is 0.241 e. The van der Waals surface area contributed by atoms with Gasteiger partial charge in [0.2, 0.25) is 11.8 Å². The fraction of sp³-hybridized carbons (Fsp3) is 0.0526. The van der Waals surface area contributed by atoms with Crippen LogP contribution in [0.1, 0.15) is 12.0 Å². The molecule has 0 spiro atoms. The molecule has 27 heavy (non-hydrogen) atoms. The fourth-order valence-electron chi connectivity index (χ4n) is 3.14.